The molecular weight excluding hydrogens is 262 g/mol. The van der Waals surface area contributed by atoms with Gasteiger partial charge in [0.1, 0.15) is 11.6 Å². The number of hydrogen-bond acceptors (Lipinski definition) is 3. The van der Waals surface area contributed by atoms with Crippen LogP contribution in [-0.2, 0) is 0 Å². The van der Waals surface area contributed by atoms with Gasteiger partial charge in [-0.15, -0.1) is 0 Å². The van der Waals surface area contributed by atoms with Crippen molar-refractivity contribution in [2.24, 2.45) is 11.7 Å². The number of hydrogen-bond donors (Lipinski definition) is 3. The first-order valence-electron chi connectivity index (χ1n) is 7.18. The van der Waals surface area contributed by atoms with E-state index in [0.29, 0.717) is 0 Å². The fourth-order valence-electron chi connectivity index (χ4n) is 3.02. The molecule has 0 bridgehead atoms. The lowest BCUT2D eigenvalue weighted by molar-refractivity contribution is 0.145. The second kappa shape index (κ2) is 7.11. The van der Waals surface area contributed by atoms with Gasteiger partial charge in [-0.2, -0.15) is 0 Å². The number of halogens is 2. The lowest BCUT2D eigenvalue weighted by atomic mass is 9.84. The van der Waals surface area contributed by atoms with Crippen molar-refractivity contribution in [1.82, 2.24) is 5.32 Å². The summed E-state index contributed by atoms with van der Waals surface area (Å²) in [6.45, 7) is 0.210. The van der Waals surface area contributed by atoms with Crippen molar-refractivity contribution < 1.29 is 13.9 Å². The van der Waals surface area contributed by atoms with E-state index >= 15 is 0 Å². The topological polar surface area (TPSA) is 58.3 Å². The Morgan fingerprint density at radius 1 is 1.25 bits per heavy atom. The van der Waals surface area contributed by atoms with Crippen LogP contribution in [0.1, 0.15) is 37.3 Å². The highest BCUT2D eigenvalue weighted by atomic mass is 19.1. The third kappa shape index (κ3) is 3.34. The summed E-state index contributed by atoms with van der Waals surface area (Å²) < 4.78 is 27.7. The van der Waals surface area contributed by atoms with Crippen molar-refractivity contribution in [1.29, 1.82) is 0 Å². The highest BCUT2D eigenvalue weighted by molar-refractivity contribution is 5.24. The molecule has 5 heteroatoms. The fraction of sp³-hybridized carbons (Fsp3) is 0.600. The van der Waals surface area contributed by atoms with E-state index in [9.17, 15) is 13.9 Å². The molecule has 1 aromatic carbocycles. The lowest BCUT2D eigenvalue weighted by Gasteiger charge is -2.34. The minimum absolute atomic E-state index is 0.00253. The zero-order chi connectivity index (χ0) is 14.5. The van der Waals surface area contributed by atoms with Gasteiger partial charge in [0.25, 0.3) is 0 Å². The number of nitrogens with one attached hydrogen (secondary N) is 1. The molecule has 0 amide bonds. The summed E-state index contributed by atoms with van der Waals surface area (Å²) in [7, 11) is 0. The van der Waals surface area contributed by atoms with Gasteiger partial charge in [0, 0.05) is 24.8 Å². The van der Waals surface area contributed by atoms with Gasteiger partial charge in [-0.1, -0.05) is 18.9 Å². The van der Waals surface area contributed by atoms with Crippen LogP contribution < -0.4 is 11.1 Å². The Bertz CT molecular complexity index is 422. The summed E-state index contributed by atoms with van der Waals surface area (Å²) in [6, 6.07) is 3.33. The van der Waals surface area contributed by atoms with Crippen LogP contribution in [-0.4, -0.2) is 24.3 Å². The van der Waals surface area contributed by atoms with Crippen molar-refractivity contribution in [2.45, 2.75) is 37.8 Å². The van der Waals surface area contributed by atoms with Crippen molar-refractivity contribution in [3.05, 3.63) is 35.4 Å². The van der Waals surface area contributed by atoms with E-state index < -0.39 is 17.7 Å². The first kappa shape index (κ1) is 15.4. The van der Waals surface area contributed by atoms with Crippen LogP contribution in [0, 0.1) is 17.6 Å². The van der Waals surface area contributed by atoms with Crippen LogP contribution >= 0.6 is 0 Å². The summed E-state index contributed by atoms with van der Waals surface area (Å²) in [5, 5.41) is 12.6. The Morgan fingerprint density at radius 2 is 1.90 bits per heavy atom. The van der Waals surface area contributed by atoms with Crippen LogP contribution in [0.5, 0.6) is 0 Å². The van der Waals surface area contributed by atoms with Gasteiger partial charge < -0.3 is 16.2 Å². The van der Waals surface area contributed by atoms with Crippen molar-refractivity contribution in [3.63, 3.8) is 0 Å². The SMILES string of the molecule is NCC(NC1CCCCC1CO)c1c(F)cccc1F. The first-order chi connectivity index (χ1) is 9.67. The average molecular weight is 284 g/mol. The second-order valence-corrected chi connectivity index (χ2v) is 5.42. The summed E-state index contributed by atoms with van der Waals surface area (Å²) in [5.74, 6) is -1.03. The van der Waals surface area contributed by atoms with Crippen molar-refractivity contribution in [2.75, 3.05) is 13.2 Å². The molecule has 1 aromatic rings. The van der Waals surface area contributed by atoms with E-state index in [-0.39, 0.29) is 30.7 Å². The van der Waals surface area contributed by atoms with Gasteiger partial charge in [-0.25, -0.2) is 8.78 Å². The van der Waals surface area contributed by atoms with E-state index in [1.54, 1.807) is 0 Å². The molecule has 0 radical (unpaired) electrons. The van der Waals surface area contributed by atoms with Gasteiger partial charge in [-0.05, 0) is 30.9 Å². The van der Waals surface area contributed by atoms with Crippen LogP contribution in [0.25, 0.3) is 0 Å². The number of rotatable bonds is 5. The quantitative estimate of drug-likeness (QED) is 0.776. The van der Waals surface area contributed by atoms with Crippen LogP contribution in [0.2, 0.25) is 0 Å². The molecule has 1 fully saturated rings. The predicted octanol–water partition coefficient (Wildman–Crippen LogP) is 2.11. The molecule has 3 unspecified atom stereocenters. The zero-order valence-electron chi connectivity index (χ0n) is 11.5. The smallest absolute Gasteiger partial charge is 0.130 e. The van der Waals surface area contributed by atoms with Crippen LogP contribution in [0.15, 0.2) is 18.2 Å². The van der Waals surface area contributed by atoms with Crippen LogP contribution in [0.4, 0.5) is 8.78 Å². The molecule has 1 aliphatic carbocycles. The maximum atomic E-state index is 13.8. The normalized spacial score (nSPS) is 24.6. The van der Waals surface area contributed by atoms with Gasteiger partial charge in [0.05, 0.1) is 6.04 Å². The Hall–Kier alpha value is -1.04. The minimum Gasteiger partial charge on any atom is -0.396 e. The molecule has 4 N–H and O–H groups in total. The second-order valence-electron chi connectivity index (χ2n) is 5.42. The van der Waals surface area contributed by atoms with Gasteiger partial charge in [0.2, 0.25) is 0 Å². The summed E-state index contributed by atoms with van der Waals surface area (Å²) in [5.41, 5.74) is 5.69. The highest BCUT2D eigenvalue weighted by Crippen LogP contribution is 2.27. The summed E-state index contributed by atoms with van der Waals surface area (Å²) >= 11 is 0. The Balaban J connectivity index is 2.16. The lowest BCUT2D eigenvalue weighted by Crippen LogP contribution is -2.44. The monoisotopic (exact) mass is 284 g/mol. The van der Waals surface area contributed by atoms with Gasteiger partial charge in [0.15, 0.2) is 0 Å². The maximum absolute atomic E-state index is 13.8. The molecule has 0 saturated heterocycles. The van der Waals surface area contributed by atoms with E-state index in [4.69, 9.17) is 5.73 Å². The molecule has 1 saturated carbocycles. The van der Waals surface area contributed by atoms with Gasteiger partial charge in [-0.3, -0.25) is 0 Å². The zero-order valence-corrected chi connectivity index (χ0v) is 11.5. The number of aliphatic hydroxyl groups excluding tert-OH is 1. The standard InChI is InChI=1S/C15H22F2N2O/c16-11-5-3-6-12(17)15(11)14(8-18)19-13-7-2-1-4-10(13)9-20/h3,5-6,10,13-14,19-20H,1-2,4,7-9,18H2. The third-order valence-corrected chi connectivity index (χ3v) is 4.14. The Morgan fingerprint density at radius 3 is 2.50 bits per heavy atom. The predicted molar refractivity (Wildman–Crippen MR) is 74.1 cm³/mol. The van der Waals surface area contributed by atoms with Crippen LogP contribution in [0.3, 0.4) is 0 Å². The number of benzene rings is 1. The van der Waals surface area contributed by atoms with E-state index in [1.807, 2.05) is 0 Å². The molecule has 20 heavy (non-hydrogen) atoms. The van der Waals surface area contributed by atoms with E-state index in [0.717, 1.165) is 25.7 Å². The van der Waals surface area contributed by atoms with E-state index in [2.05, 4.69) is 5.32 Å². The summed E-state index contributed by atoms with van der Waals surface area (Å²) in [4.78, 5) is 0. The highest BCUT2D eigenvalue weighted by Gasteiger charge is 2.28. The Labute approximate surface area is 118 Å². The molecule has 112 valence electrons. The molecular formula is C15H22F2N2O. The van der Waals surface area contributed by atoms with Gasteiger partial charge >= 0.3 is 0 Å². The summed E-state index contributed by atoms with van der Waals surface area (Å²) in [6.07, 6.45) is 3.99. The van der Waals surface area contributed by atoms with Crippen molar-refractivity contribution >= 4 is 0 Å². The molecule has 2 rings (SSSR count). The molecule has 0 spiro atoms. The molecule has 3 nitrogen and oxygen atoms in total. The first-order valence-corrected chi connectivity index (χ1v) is 7.18. The molecule has 3 atom stereocenters. The molecule has 0 heterocycles. The maximum Gasteiger partial charge on any atom is 0.130 e. The minimum atomic E-state index is -0.579. The third-order valence-electron chi connectivity index (χ3n) is 4.14. The van der Waals surface area contributed by atoms with Crippen molar-refractivity contribution in [3.8, 4) is 0 Å². The Kier molecular flexibility index (Phi) is 5.46. The molecule has 1 aliphatic rings. The number of aliphatic hydroxyl groups is 1. The largest absolute Gasteiger partial charge is 0.396 e. The average Bonchev–Trinajstić information content (AvgIpc) is 2.46. The molecule has 0 aromatic heterocycles. The fourth-order valence-corrected chi connectivity index (χ4v) is 3.02. The number of nitrogens with two attached hydrogens (primary N) is 1. The molecule has 0 aliphatic heterocycles. The van der Waals surface area contributed by atoms with E-state index in [1.165, 1.54) is 18.2 Å².